The number of hydrogen-bond acceptors (Lipinski definition) is 9. The summed E-state index contributed by atoms with van der Waals surface area (Å²) < 4.78 is 34.0. The normalized spacial score (nSPS) is 18.3. The van der Waals surface area contributed by atoms with Crippen LogP contribution in [0.1, 0.15) is 56.6 Å². The van der Waals surface area contributed by atoms with Gasteiger partial charge in [-0.3, -0.25) is 4.79 Å². The zero-order chi connectivity index (χ0) is 30.4. The maximum atomic E-state index is 14.1. The van der Waals surface area contributed by atoms with E-state index >= 15 is 0 Å². The fraction of sp³-hybridized carbons (Fsp3) is 0.438. The third-order valence-corrected chi connectivity index (χ3v) is 8.05. The lowest BCUT2D eigenvalue weighted by molar-refractivity contribution is -0.140. The van der Waals surface area contributed by atoms with E-state index < -0.39 is 11.9 Å². The molecule has 1 N–H and O–H groups in total. The Morgan fingerprint density at radius 2 is 1.67 bits per heavy atom. The lowest BCUT2D eigenvalue weighted by Crippen LogP contribution is -2.36. The summed E-state index contributed by atoms with van der Waals surface area (Å²) in [5.74, 6) is 0.977. The van der Waals surface area contributed by atoms with Crippen LogP contribution >= 0.6 is 15.9 Å². The van der Waals surface area contributed by atoms with Gasteiger partial charge in [-0.25, -0.2) is 4.79 Å². The van der Waals surface area contributed by atoms with Gasteiger partial charge >= 0.3 is 5.97 Å². The first-order chi connectivity index (χ1) is 20.3. The molecule has 0 aromatic heterocycles. The molecule has 2 unspecified atom stereocenters. The second kappa shape index (κ2) is 14.1. The van der Waals surface area contributed by atoms with Crippen LogP contribution in [-0.2, 0) is 19.1 Å². The Morgan fingerprint density at radius 3 is 2.33 bits per heavy atom. The molecule has 0 bridgehead atoms. The first-order valence-electron chi connectivity index (χ1n) is 14.0. The fourth-order valence-corrected chi connectivity index (χ4v) is 6.24. The van der Waals surface area contributed by atoms with E-state index in [1.54, 1.807) is 21.3 Å². The number of ketones is 1. The van der Waals surface area contributed by atoms with Gasteiger partial charge in [0.1, 0.15) is 6.61 Å². The molecule has 1 aliphatic heterocycles. The van der Waals surface area contributed by atoms with Crippen molar-refractivity contribution in [1.82, 2.24) is 5.32 Å². The molecular weight excluding hydrogens is 606 g/mol. The molecule has 0 fully saturated rings. The molecule has 0 radical (unpaired) electrons. The number of halogens is 1. The number of carbonyl (C=O) groups is 2. The lowest BCUT2D eigenvalue weighted by atomic mass is 9.71. The minimum Gasteiger partial charge on any atom is -0.493 e. The molecule has 2 aromatic rings. The van der Waals surface area contributed by atoms with Gasteiger partial charge in [-0.15, -0.1) is 0 Å². The van der Waals surface area contributed by atoms with E-state index in [0.29, 0.717) is 69.5 Å². The third kappa shape index (κ3) is 6.44. The van der Waals surface area contributed by atoms with Crippen molar-refractivity contribution >= 4 is 27.7 Å². The summed E-state index contributed by atoms with van der Waals surface area (Å²) in [6.07, 6.45) is 0.848. The number of hydrogen-bond donors (Lipinski definition) is 1. The topological polar surface area (TPSA) is 102 Å². The Balaban J connectivity index is 1.80. The fourth-order valence-electron chi connectivity index (χ4n) is 5.62. The highest BCUT2D eigenvalue weighted by Gasteiger charge is 2.42. The Kier molecular flexibility index (Phi) is 10.6. The van der Waals surface area contributed by atoms with Crippen LogP contribution in [0.3, 0.4) is 0 Å². The summed E-state index contributed by atoms with van der Waals surface area (Å²) in [6.45, 7) is 6.93. The van der Waals surface area contributed by atoms with Crippen molar-refractivity contribution < 1.29 is 38.0 Å². The molecule has 9 nitrogen and oxygen atoms in total. The average Bonchev–Trinajstić information content (AvgIpc) is 2.98. The van der Waals surface area contributed by atoms with E-state index in [1.165, 1.54) is 0 Å². The van der Waals surface area contributed by atoms with Crippen molar-refractivity contribution in [3.05, 3.63) is 68.5 Å². The maximum absolute atomic E-state index is 14.1. The van der Waals surface area contributed by atoms with Crippen LogP contribution in [0.25, 0.3) is 0 Å². The van der Waals surface area contributed by atoms with E-state index in [2.05, 4.69) is 21.2 Å². The van der Waals surface area contributed by atoms with Gasteiger partial charge in [-0.1, -0.05) is 6.07 Å². The van der Waals surface area contributed by atoms with Crippen molar-refractivity contribution in [2.75, 3.05) is 47.8 Å². The third-order valence-electron chi connectivity index (χ3n) is 7.46. The number of nitrogens with one attached hydrogen (secondary N) is 1. The Labute approximate surface area is 255 Å². The monoisotopic (exact) mass is 643 g/mol. The van der Waals surface area contributed by atoms with Crippen molar-refractivity contribution in [2.24, 2.45) is 0 Å². The first-order valence-corrected chi connectivity index (χ1v) is 14.8. The predicted octanol–water partition coefficient (Wildman–Crippen LogP) is 5.81. The van der Waals surface area contributed by atoms with Crippen molar-refractivity contribution in [1.29, 1.82) is 0 Å². The molecule has 2 atom stereocenters. The molecule has 4 rings (SSSR count). The highest BCUT2D eigenvalue weighted by atomic mass is 79.9. The second-order valence-electron chi connectivity index (χ2n) is 9.93. The zero-order valence-corrected chi connectivity index (χ0v) is 26.5. The highest BCUT2D eigenvalue weighted by molar-refractivity contribution is 9.10. The number of methoxy groups -OCH3 is 3. The summed E-state index contributed by atoms with van der Waals surface area (Å²) in [7, 11) is 4.75. The van der Waals surface area contributed by atoms with Gasteiger partial charge in [0.15, 0.2) is 28.8 Å². The van der Waals surface area contributed by atoms with Crippen LogP contribution in [0.4, 0.5) is 0 Å². The zero-order valence-electron chi connectivity index (χ0n) is 24.9. The SMILES string of the molecule is CCOCCOC(=O)C1=C(C)NC2=C(C(=O)CC(c3ccc(OC)c(OC)c3)C2)C1c1cc(Br)c(OC)c(OCC)c1. The maximum Gasteiger partial charge on any atom is 0.336 e. The van der Waals surface area contributed by atoms with Gasteiger partial charge in [0.2, 0.25) is 0 Å². The number of esters is 1. The molecule has 0 amide bonds. The summed E-state index contributed by atoms with van der Waals surface area (Å²) in [5, 5.41) is 3.39. The minimum absolute atomic E-state index is 0.0504. The van der Waals surface area contributed by atoms with Crippen molar-refractivity contribution in [3.8, 4) is 23.0 Å². The number of allylic oxidation sites excluding steroid dienone is 3. The molecular formula is C32H38BrNO8. The second-order valence-corrected chi connectivity index (χ2v) is 10.8. The molecule has 1 aliphatic carbocycles. The van der Waals surface area contributed by atoms with Gasteiger partial charge in [0, 0.05) is 35.9 Å². The van der Waals surface area contributed by atoms with Crippen molar-refractivity contribution in [3.63, 3.8) is 0 Å². The molecule has 1 heterocycles. The molecule has 10 heteroatoms. The first kappa shape index (κ1) is 31.4. The molecule has 0 saturated heterocycles. The van der Waals surface area contributed by atoms with Crippen LogP contribution in [0.5, 0.6) is 23.0 Å². The summed E-state index contributed by atoms with van der Waals surface area (Å²) in [6, 6.07) is 9.44. The molecule has 0 saturated carbocycles. The summed E-state index contributed by atoms with van der Waals surface area (Å²) in [5.41, 5.74) is 4.03. The van der Waals surface area contributed by atoms with Crippen LogP contribution < -0.4 is 24.3 Å². The van der Waals surface area contributed by atoms with Gasteiger partial charge in [0.25, 0.3) is 0 Å². The molecule has 226 valence electrons. The standard InChI is InChI=1S/C32H38BrNO8/c1-7-40-11-12-42-32(36)28-18(3)34-23-14-20(19-9-10-25(37-4)26(16-19)38-5)15-24(35)30(23)29(28)21-13-22(33)31(39-6)27(17-21)41-8-2/h9-10,13,16-17,20,29,34H,7-8,11-12,14-15H2,1-6H3. The van der Waals surface area contributed by atoms with E-state index in [-0.39, 0.29) is 31.3 Å². The van der Waals surface area contributed by atoms with E-state index in [9.17, 15) is 9.59 Å². The van der Waals surface area contributed by atoms with Crippen LogP contribution in [0.15, 0.2) is 57.3 Å². The van der Waals surface area contributed by atoms with E-state index in [0.717, 1.165) is 11.3 Å². The van der Waals surface area contributed by atoms with Gasteiger partial charge < -0.3 is 33.7 Å². The molecule has 42 heavy (non-hydrogen) atoms. The number of Topliss-reactive ketones (excluding diaryl/α,β-unsaturated/α-hetero) is 1. The number of benzene rings is 2. The van der Waals surface area contributed by atoms with Crippen LogP contribution in [-0.4, -0.2) is 59.5 Å². The number of rotatable bonds is 12. The van der Waals surface area contributed by atoms with Gasteiger partial charge in [0.05, 0.1) is 44.6 Å². The van der Waals surface area contributed by atoms with Crippen LogP contribution in [0, 0.1) is 0 Å². The van der Waals surface area contributed by atoms with Gasteiger partial charge in [-0.05, 0) is 84.4 Å². The lowest BCUT2D eigenvalue weighted by Gasteiger charge is -2.37. The Bertz CT molecular complexity index is 1400. The summed E-state index contributed by atoms with van der Waals surface area (Å²) >= 11 is 3.60. The number of ether oxygens (including phenoxy) is 6. The largest absolute Gasteiger partial charge is 0.493 e. The molecule has 2 aromatic carbocycles. The van der Waals surface area contributed by atoms with Crippen LogP contribution in [0.2, 0.25) is 0 Å². The Morgan fingerprint density at radius 1 is 0.929 bits per heavy atom. The summed E-state index contributed by atoms with van der Waals surface area (Å²) in [4.78, 5) is 27.6. The minimum atomic E-state index is -0.666. The smallest absolute Gasteiger partial charge is 0.336 e. The average molecular weight is 645 g/mol. The number of carbonyl (C=O) groups excluding carboxylic acids is 2. The predicted molar refractivity (Wildman–Crippen MR) is 161 cm³/mol. The molecule has 0 spiro atoms. The number of dihydropyridines is 1. The quantitative estimate of drug-likeness (QED) is 0.227. The van der Waals surface area contributed by atoms with Gasteiger partial charge in [-0.2, -0.15) is 0 Å². The molecule has 2 aliphatic rings. The highest BCUT2D eigenvalue weighted by Crippen LogP contribution is 2.49. The van der Waals surface area contributed by atoms with E-state index in [1.807, 2.05) is 51.1 Å². The van der Waals surface area contributed by atoms with Crippen molar-refractivity contribution in [2.45, 2.75) is 45.4 Å². The van der Waals surface area contributed by atoms with E-state index in [4.69, 9.17) is 28.4 Å². The Hall–Kier alpha value is -3.50.